The van der Waals surface area contributed by atoms with Crippen molar-refractivity contribution in [2.24, 2.45) is 11.8 Å². The summed E-state index contributed by atoms with van der Waals surface area (Å²) < 4.78 is 5.38. The van der Waals surface area contributed by atoms with E-state index >= 15 is 0 Å². The molecule has 2 saturated heterocycles. The van der Waals surface area contributed by atoms with Crippen LogP contribution < -0.4 is 5.32 Å². The SMILES string of the molecule is O=C(NC[C@@H]1CCCN(C(=O)C2CCOCC2)C1)c1ccc(-c2ccccc2)cc1. The Balaban J connectivity index is 1.28. The Hall–Kier alpha value is -2.66. The van der Waals surface area contributed by atoms with E-state index in [1.54, 1.807) is 0 Å². The van der Waals surface area contributed by atoms with Crippen molar-refractivity contribution in [3.05, 3.63) is 60.2 Å². The molecule has 5 heteroatoms. The van der Waals surface area contributed by atoms with Gasteiger partial charge in [0.2, 0.25) is 5.91 Å². The van der Waals surface area contributed by atoms with Crippen molar-refractivity contribution in [2.45, 2.75) is 25.7 Å². The summed E-state index contributed by atoms with van der Waals surface area (Å²) in [5, 5.41) is 3.07. The van der Waals surface area contributed by atoms with Crippen LogP contribution in [0.1, 0.15) is 36.0 Å². The number of carbonyl (C=O) groups is 2. The summed E-state index contributed by atoms with van der Waals surface area (Å²) >= 11 is 0. The zero-order chi connectivity index (χ0) is 20.8. The van der Waals surface area contributed by atoms with Gasteiger partial charge in [0.25, 0.3) is 5.91 Å². The predicted molar refractivity (Wildman–Crippen MR) is 117 cm³/mol. The second kappa shape index (κ2) is 9.90. The molecule has 0 radical (unpaired) electrons. The number of piperidine rings is 1. The summed E-state index contributed by atoms with van der Waals surface area (Å²) in [6.07, 6.45) is 3.71. The van der Waals surface area contributed by atoms with Crippen LogP contribution in [0.5, 0.6) is 0 Å². The second-order valence-electron chi connectivity index (χ2n) is 8.33. The van der Waals surface area contributed by atoms with Crippen molar-refractivity contribution in [3.63, 3.8) is 0 Å². The third-order valence-corrected chi connectivity index (χ3v) is 6.21. The molecule has 0 spiro atoms. The van der Waals surface area contributed by atoms with Gasteiger partial charge in [-0.25, -0.2) is 0 Å². The van der Waals surface area contributed by atoms with Crippen molar-refractivity contribution in [3.8, 4) is 11.1 Å². The lowest BCUT2D eigenvalue weighted by Crippen LogP contribution is -2.46. The van der Waals surface area contributed by atoms with E-state index in [2.05, 4.69) is 17.4 Å². The molecule has 158 valence electrons. The highest BCUT2D eigenvalue weighted by Gasteiger charge is 2.30. The van der Waals surface area contributed by atoms with Gasteiger partial charge in [-0.3, -0.25) is 9.59 Å². The number of carbonyl (C=O) groups excluding carboxylic acids is 2. The first-order valence-electron chi connectivity index (χ1n) is 11.0. The van der Waals surface area contributed by atoms with Gasteiger partial charge in [0, 0.05) is 44.3 Å². The van der Waals surface area contributed by atoms with Crippen LogP contribution in [0.15, 0.2) is 54.6 Å². The molecular weight excluding hydrogens is 376 g/mol. The molecule has 0 saturated carbocycles. The Morgan fingerprint density at radius 3 is 2.37 bits per heavy atom. The number of likely N-dealkylation sites (tertiary alicyclic amines) is 1. The maximum Gasteiger partial charge on any atom is 0.251 e. The smallest absolute Gasteiger partial charge is 0.251 e. The van der Waals surface area contributed by atoms with Gasteiger partial charge in [-0.2, -0.15) is 0 Å². The number of hydrogen-bond donors (Lipinski definition) is 1. The van der Waals surface area contributed by atoms with Crippen LogP contribution in [0.25, 0.3) is 11.1 Å². The first kappa shape index (κ1) is 20.6. The number of hydrogen-bond acceptors (Lipinski definition) is 3. The molecule has 2 aliphatic rings. The van der Waals surface area contributed by atoms with E-state index in [1.165, 1.54) is 0 Å². The van der Waals surface area contributed by atoms with Gasteiger partial charge >= 0.3 is 0 Å². The van der Waals surface area contributed by atoms with E-state index < -0.39 is 0 Å². The molecule has 2 heterocycles. The molecule has 2 aromatic rings. The van der Waals surface area contributed by atoms with E-state index in [0.29, 0.717) is 31.2 Å². The average molecular weight is 407 g/mol. The molecule has 30 heavy (non-hydrogen) atoms. The van der Waals surface area contributed by atoms with E-state index in [9.17, 15) is 9.59 Å². The average Bonchev–Trinajstić information content (AvgIpc) is 2.83. The van der Waals surface area contributed by atoms with Gasteiger partial charge in [-0.1, -0.05) is 42.5 Å². The van der Waals surface area contributed by atoms with Gasteiger partial charge < -0.3 is 15.0 Å². The van der Waals surface area contributed by atoms with Crippen LogP contribution in [0, 0.1) is 11.8 Å². The lowest BCUT2D eigenvalue weighted by molar-refractivity contribution is -0.140. The number of amides is 2. The molecule has 0 aliphatic carbocycles. The van der Waals surface area contributed by atoms with Crippen molar-refractivity contribution in [1.82, 2.24) is 10.2 Å². The van der Waals surface area contributed by atoms with Crippen LogP contribution in [0.3, 0.4) is 0 Å². The summed E-state index contributed by atoms with van der Waals surface area (Å²) in [6.45, 7) is 3.56. The third kappa shape index (κ3) is 5.08. The van der Waals surface area contributed by atoms with E-state index in [1.807, 2.05) is 47.4 Å². The van der Waals surface area contributed by atoms with Crippen LogP contribution in [0.4, 0.5) is 0 Å². The van der Waals surface area contributed by atoms with Crippen molar-refractivity contribution < 1.29 is 14.3 Å². The van der Waals surface area contributed by atoms with E-state index in [-0.39, 0.29) is 17.7 Å². The normalized spacial score (nSPS) is 20.0. The lowest BCUT2D eigenvalue weighted by atomic mass is 9.93. The summed E-state index contributed by atoms with van der Waals surface area (Å²) in [5.41, 5.74) is 2.91. The molecule has 2 aliphatic heterocycles. The third-order valence-electron chi connectivity index (χ3n) is 6.21. The standard InChI is InChI=1S/C25H30N2O3/c28-24(22-10-8-21(9-11-22)20-6-2-1-3-7-20)26-17-19-5-4-14-27(18-19)25(29)23-12-15-30-16-13-23/h1-3,6-11,19,23H,4-5,12-18H2,(H,26,28)/t19-/m0/s1. The van der Waals surface area contributed by atoms with Gasteiger partial charge in [0.15, 0.2) is 0 Å². The zero-order valence-corrected chi connectivity index (χ0v) is 17.4. The highest BCUT2D eigenvalue weighted by Crippen LogP contribution is 2.23. The highest BCUT2D eigenvalue weighted by atomic mass is 16.5. The fraction of sp³-hybridized carbons (Fsp3) is 0.440. The zero-order valence-electron chi connectivity index (χ0n) is 17.4. The Bertz CT molecular complexity index is 844. The first-order chi connectivity index (χ1) is 14.7. The van der Waals surface area contributed by atoms with E-state index in [0.717, 1.165) is 49.9 Å². The fourth-order valence-corrected chi connectivity index (χ4v) is 4.42. The highest BCUT2D eigenvalue weighted by molar-refractivity contribution is 5.94. The fourth-order valence-electron chi connectivity index (χ4n) is 4.42. The molecule has 2 aromatic carbocycles. The predicted octanol–water partition coefficient (Wildman–Crippen LogP) is 3.75. The molecule has 2 amide bonds. The summed E-state index contributed by atoms with van der Waals surface area (Å²) in [5.74, 6) is 0.638. The van der Waals surface area contributed by atoms with Gasteiger partial charge in [-0.15, -0.1) is 0 Å². The molecule has 0 bridgehead atoms. The molecule has 5 nitrogen and oxygen atoms in total. The molecule has 0 unspecified atom stereocenters. The number of nitrogens with zero attached hydrogens (tertiary/aromatic N) is 1. The second-order valence-corrected chi connectivity index (χ2v) is 8.33. The van der Waals surface area contributed by atoms with Crippen molar-refractivity contribution in [1.29, 1.82) is 0 Å². The van der Waals surface area contributed by atoms with Crippen LogP contribution in [-0.4, -0.2) is 49.6 Å². The van der Waals surface area contributed by atoms with Crippen molar-refractivity contribution >= 4 is 11.8 Å². The number of nitrogens with one attached hydrogen (secondary N) is 1. The lowest BCUT2D eigenvalue weighted by Gasteiger charge is -2.36. The summed E-state index contributed by atoms with van der Waals surface area (Å²) in [7, 11) is 0. The molecule has 1 atom stereocenters. The topological polar surface area (TPSA) is 58.6 Å². The Morgan fingerprint density at radius 2 is 1.63 bits per heavy atom. The minimum atomic E-state index is -0.0532. The summed E-state index contributed by atoms with van der Waals surface area (Å²) in [4.78, 5) is 27.4. The molecular formula is C25H30N2O3. The first-order valence-corrected chi connectivity index (χ1v) is 11.0. The maximum atomic E-state index is 12.8. The minimum Gasteiger partial charge on any atom is -0.381 e. The Morgan fingerprint density at radius 1 is 0.933 bits per heavy atom. The molecule has 0 aromatic heterocycles. The van der Waals surface area contributed by atoms with Crippen LogP contribution in [-0.2, 0) is 9.53 Å². The Kier molecular flexibility index (Phi) is 6.80. The van der Waals surface area contributed by atoms with Crippen LogP contribution in [0.2, 0.25) is 0 Å². The van der Waals surface area contributed by atoms with Gasteiger partial charge in [-0.05, 0) is 54.9 Å². The van der Waals surface area contributed by atoms with Crippen molar-refractivity contribution in [2.75, 3.05) is 32.8 Å². The molecule has 4 rings (SSSR count). The Labute approximate surface area is 178 Å². The quantitative estimate of drug-likeness (QED) is 0.823. The minimum absolute atomic E-state index is 0.0532. The monoisotopic (exact) mass is 406 g/mol. The number of rotatable bonds is 5. The molecule has 2 fully saturated rings. The van der Waals surface area contributed by atoms with Gasteiger partial charge in [0.1, 0.15) is 0 Å². The molecule has 1 N–H and O–H groups in total. The van der Waals surface area contributed by atoms with E-state index in [4.69, 9.17) is 4.74 Å². The summed E-state index contributed by atoms with van der Waals surface area (Å²) in [6, 6.07) is 17.9. The maximum absolute atomic E-state index is 12.8. The van der Waals surface area contributed by atoms with Gasteiger partial charge in [0.05, 0.1) is 0 Å². The largest absolute Gasteiger partial charge is 0.381 e. The number of benzene rings is 2. The van der Waals surface area contributed by atoms with Crippen LogP contribution >= 0.6 is 0 Å². The number of ether oxygens (including phenoxy) is 1.